The first kappa shape index (κ1) is 11.4. The topological polar surface area (TPSA) is 15.8 Å². The molecule has 1 aromatic heterocycles. The number of hydrogen-bond donors (Lipinski definition) is 1. The van der Waals surface area contributed by atoms with E-state index in [1.165, 1.54) is 32.0 Å². The predicted octanol–water partition coefficient (Wildman–Crippen LogP) is 4.94. The number of benzene rings is 2. The van der Waals surface area contributed by atoms with Crippen LogP contribution in [0.15, 0.2) is 58.3 Å². The first-order valence-electron chi connectivity index (χ1n) is 6.06. The monoisotopic (exact) mass is 253 g/mol. The van der Waals surface area contributed by atoms with Crippen molar-refractivity contribution in [1.82, 2.24) is 4.98 Å². The van der Waals surface area contributed by atoms with Crippen molar-refractivity contribution in [3.8, 4) is 0 Å². The highest BCUT2D eigenvalue weighted by atomic mass is 32.2. The zero-order valence-corrected chi connectivity index (χ0v) is 11.3. The Morgan fingerprint density at radius 1 is 0.889 bits per heavy atom. The Labute approximate surface area is 111 Å². The molecule has 0 aliphatic rings. The van der Waals surface area contributed by atoms with E-state index in [2.05, 4.69) is 67.4 Å². The molecule has 0 saturated carbocycles. The summed E-state index contributed by atoms with van der Waals surface area (Å²) >= 11 is 1.83. The van der Waals surface area contributed by atoms with Gasteiger partial charge in [-0.05, 0) is 32.0 Å². The minimum atomic E-state index is 1.21. The maximum atomic E-state index is 3.44. The molecule has 2 aromatic carbocycles. The minimum Gasteiger partial charge on any atom is -0.358 e. The molecule has 0 aliphatic heterocycles. The molecule has 2 heteroatoms. The van der Waals surface area contributed by atoms with Gasteiger partial charge in [-0.15, -0.1) is 0 Å². The van der Waals surface area contributed by atoms with Gasteiger partial charge in [0.25, 0.3) is 0 Å². The van der Waals surface area contributed by atoms with Crippen LogP contribution in [0.2, 0.25) is 0 Å². The third-order valence-corrected chi connectivity index (χ3v) is 4.31. The van der Waals surface area contributed by atoms with Gasteiger partial charge >= 0.3 is 0 Å². The predicted molar refractivity (Wildman–Crippen MR) is 78.3 cm³/mol. The van der Waals surface area contributed by atoms with Gasteiger partial charge in [-0.3, -0.25) is 0 Å². The van der Waals surface area contributed by atoms with Crippen LogP contribution in [0.5, 0.6) is 0 Å². The number of fused-ring (bicyclic) bond motifs is 1. The number of para-hydroxylation sites is 1. The lowest BCUT2D eigenvalue weighted by Gasteiger charge is -2.02. The molecule has 90 valence electrons. The van der Waals surface area contributed by atoms with Gasteiger partial charge in [0.1, 0.15) is 0 Å². The van der Waals surface area contributed by atoms with Crippen LogP contribution in [0.3, 0.4) is 0 Å². The molecule has 0 unspecified atom stereocenters. The van der Waals surface area contributed by atoms with Gasteiger partial charge in [-0.25, -0.2) is 0 Å². The highest BCUT2D eigenvalue weighted by molar-refractivity contribution is 7.99. The van der Waals surface area contributed by atoms with Gasteiger partial charge < -0.3 is 4.98 Å². The summed E-state index contributed by atoms with van der Waals surface area (Å²) in [5, 5.41) is 1.31. The lowest BCUT2D eigenvalue weighted by Crippen LogP contribution is -1.76. The average Bonchev–Trinajstić information content (AvgIpc) is 2.69. The Kier molecular flexibility index (Phi) is 2.88. The maximum absolute atomic E-state index is 3.44. The SMILES string of the molecule is Cc1ccc(Sc2c(C)[nH]c3ccccc23)cc1. The standard InChI is InChI=1S/C16H15NS/c1-11-7-9-13(10-8-11)18-16-12(2)17-15-6-4-3-5-14(15)16/h3-10,17H,1-2H3. The first-order valence-corrected chi connectivity index (χ1v) is 6.87. The van der Waals surface area contributed by atoms with Crippen molar-refractivity contribution in [1.29, 1.82) is 0 Å². The fraction of sp³-hybridized carbons (Fsp3) is 0.125. The third-order valence-electron chi connectivity index (χ3n) is 3.08. The summed E-state index contributed by atoms with van der Waals surface area (Å²) in [6.07, 6.45) is 0. The molecule has 3 aromatic rings. The smallest absolute Gasteiger partial charge is 0.0467 e. The summed E-state index contributed by atoms with van der Waals surface area (Å²) in [6, 6.07) is 17.1. The second-order valence-electron chi connectivity index (χ2n) is 4.54. The number of H-pyrrole nitrogens is 1. The first-order chi connectivity index (χ1) is 8.74. The van der Waals surface area contributed by atoms with Gasteiger partial charge in [0.05, 0.1) is 0 Å². The molecule has 0 spiro atoms. The van der Waals surface area contributed by atoms with Crippen LogP contribution >= 0.6 is 11.8 Å². The van der Waals surface area contributed by atoms with E-state index in [0.29, 0.717) is 0 Å². The fourth-order valence-corrected chi connectivity index (χ4v) is 3.11. The van der Waals surface area contributed by atoms with Crippen LogP contribution in [0.4, 0.5) is 0 Å². The van der Waals surface area contributed by atoms with Crippen LogP contribution < -0.4 is 0 Å². The van der Waals surface area contributed by atoms with Gasteiger partial charge in [-0.2, -0.15) is 0 Å². The quantitative estimate of drug-likeness (QED) is 0.684. The lowest BCUT2D eigenvalue weighted by atomic mass is 10.2. The Balaban J connectivity index is 2.04. The molecule has 1 N–H and O–H groups in total. The zero-order valence-electron chi connectivity index (χ0n) is 10.5. The molecule has 0 bridgehead atoms. The van der Waals surface area contributed by atoms with Crippen molar-refractivity contribution in [3.63, 3.8) is 0 Å². The van der Waals surface area contributed by atoms with E-state index >= 15 is 0 Å². The molecule has 3 rings (SSSR count). The molecular formula is C16H15NS. The molecule has 0 aliphatic carbocycles. The van der Waals surface area contributed by atoms with Crippen molar-refractivity contribution >= 4 is 22.7 Å². The van der Waals surface area contributed by atoms with E-state index in [4.69, 9.17) is 0 Å². The second-order valence-corrected chi connectivity index (χ2v) is 5.62. The highest BCUT2D eigenvalue weighted by Crippen LogP contribution is 2.36. The molecule has 1 nitrogen and oxygen atoms in total. The van der Waals surface area contributed by atoms with E-state index in [9.17, 15) is 0 Å². The average molecular weight is 253 g/mol. The molecule has 0 atom stereocenters. The van der Waals surface area contributed by atoms with Crippen molar-refractivity contribution in [2.45, 2.75) is 23.6 Å². The summed E-state index contributed by atoms with van der Waals surface area (Å²) in [6.45, 7) is 4.25. The zero-order chi connectivity index (χ0) is 12.5. The largest absolute Gasteiger partial charge is 0.358 e. The van der Waals surface area contributed by atoms with Gasteiger partial charge in [0.15, 0.2) is 0 Å². The molecule has 1 heterocycles. The van der Waals surface area contributed by atoms with E-state index in [-0.39, 0.29) is 0 Å². The summed E-state index contributed by atoms with van der Waals surface area (Å²) < 4.78 is 0. The van der Waals surface area contributed by atoms with E-state index < -0.39 is 0 Å². The number of hydrogen-bond acceptors (Lipinski definition) is 1. The fourth-order valence-electron chi connectivity index (χ4n) is 2.11. The number of rotatable bonds is 2. The van der Waals surface area contributed by atoms with E-state index in [0.717, 1.165) is 0 Å². The Morgan fingerprint density at radius 2 is 1.61 bits per heavy atom. The summed E-state index contributed by atoms with van der Waals surface area (Å²) in [5.41, 5.74) is 3.75. The van der Waals surface area contributed by atoms with Gasteiger partial charge in [0.2, 0.25) is 0 Å². The van der Waals surface area contributed by atoms with Crippen LogP contribution in [0.1, 0.15) is 11.3 Å². The number of aromatic nitrogens is 1. The van der Waals surface area contributed by atoms with Crippen molar-refractivity contribution < 1.29 is 0 Å². The van der Waals surface area contributed by atoms with Crippen molar-refractivity contribution in [2.75, 3.05) is 0 Å². The Hall–Kier alpha value is -1.67. The highest BCUT2D eigenvalue weighted by Gasteiger charge is 2.08. The minimum absolute atomic E-state index is 1.21. The van der Waals surface area contributed by atoms with Crippen molar-refractivity contribution in [3.05, 3.63) is 59.8 Å². The maximum Gasteiger partial charge on any atom is 0.0467 e. The summed E-state index contributed by atoms with van der Waals surface area (Å²) in [7, 11) is 0. The lowest BCUT2D eigenvalue weighted by molar-refractivity contribution is 1.22. The molecule has 0 amide bonds. The normalized spacial score (nSPS) is 11.0. The number of nitrogens with one attached hydrogen (secondary N) is 1. The molecule has 0 radical (unpaired) electrons. The molecular weight excluding hydrogens is 238 g/mol. The van der Waals surface area contributed by atoms with Gasteiger partial charge in [-0.1, -0.05) is 47.7 Å². The molecule has 18 heavy (non-hydrogen) atoms. The van der Waals surface area contributed by atoms with E-state index in [1.54, 1.807) is 0 Å². The van der Waals surface area contributed by atoms with Crippen LogP contribution in [0.25, 0.3) is 10.9 Å². The Bertz CT molecular complexity index is 680. The van der Waals surface area contributed by atoms with Crippen LogP contribution in [-0.2, 0) is 0 Å². The molecule has 0 saturated heterocycles. The van der Waals surface area contributed by atoms with Gasteiger partial charge in [0, 0.05) is 26.4 Å². The summed E-state index contributed by atoms with van der Waals surface area (Å²) in [4.78, 5) is 6.05. The second kappa shape index (κ2) is 4.54. The number of aromatic amines is 1. The van der Waals surface area contributed by atoms with E-state index in [1.807, 2.05) is 11.8 Å². The summed E-state index contributed by atoms with van der Waals surface area (Å²) in [5.74, 6) is 0. The van der Waals surface area contributed by atoms with Crippen LogP contribution in [-0.4, -0.2) is 4.98 Å². The van der Waals surface area contributed by atoms with Crippen molar-refractivity contribution in [2.24, 2.45) is 0 Å². The molecule has 0 fully saturated rings. The number of aryl methyl sites for hydroxylation is 2. The van der Waals surface area contributed by atoms with Crippen LogP contribution in [0, 0.1) is 13.8 Å². The third kappa shape index (κ3) is 2.04. The Morgan fingerprint density at radius 3 is 2.39 bits per heavy atom.